The molecule has 2 aliphatic heterocycles. The van der Waals surface area contributed by atoms with E-state index in [0.29, 0.717) is 31.1 Å². The molecule has 32 heavy (non-hydrogen) atoms. The number of hydrogen-bond acceptors (Lipinski definition) is 7. The van der Waals surface area contributed by atoms with Gasteiger partial charge in [-0.15, -0.1) is 0 Å². The molecule has 1 aromatic carbocycles. The van der Waals surface area contributed by atoms with Crippen molar-refractivity contribution in [3.63, 3.8) is 0 Å². The van der Waals surface area contributed by atoms with Gasteiger partial charge in [0.25, 0.3) is 5.91 Å². The van der Waals surface area contributed by atoms with Crippen LogP contribution in [-0.4, -0.2) is 53.6 Å². The molecule has 0 atom stereocenters. The SMILES string of the molecule is O=C(Nc1cnccc1N1CCNCC1)c1ccnc(N2CCc3c(F)cccc3C2)n1. The standard InChI is InChI=1S/C23H24FN7O/c24-18-3-1-2-16-15-31(11-6-17(16)18)23-27-8-4-19(29-23)22(32)28-20-14-26-7-5-21(20)30-12-9-25-10-13-30/h1-5,7-8,14,25H,6,9-13,15H2,(H,28,32). The highest BCUT2D eigenvalue weighted by Gasteiger charge is 2.22. The number of nitrogens with one attached hydrogen (secondary N) is 2. The Balaban J connectivity index is 1.34. The largest absolute Gasteiger partial charge is 0.367 e. The van der Waals surface area contributed by atoms with Crippen LogP contribution in [0.4, 0.5) is 21.7 Å². The third-order valence-corrected chi connectivity index (χ3v) is 5.87. The summed E-state index contributed by atoms with van der Waals surface area (Å²) in [5.41, 5.74) is 3.54. The van der Waals surface area contributed by atoms with E-state index in [1.54, 1.807) is 30.7 Å². The third-order valence-electron chi connectivity index (χ3n) is 5.87. The molecule has 2 aromatic heterocycles. The topological polar surface area (TPSA) is 86.3 Å². The number of piperazine rings is 1. The van der Waals surface area contributed by atoms with E-state index in [1.165, 1.54) is 6.07 Å². The summed E-state index contributed by atoms with van der Waals surface area (Å²) in [4.78, 5) is 30.2. The van der Waals surface area contributed by atoms with Gasteiger partial charge in [-0.1, -0.05) is 12.1 Å². The number of aromatic nitrogens is 3. The van der Waals surface area contributed by atoms with E-state index >= 15 is 0 Å². The fourth-order valence-corrected chi connectivity index (χ4v) is 4.21. The molecule has 1 fully saturated rings. The number of halogens is 1. The van der Waals surface area contributed by atoms with Crippen molar-refractivity contribution >= 4 is 23.2 Å². The van der Waals surface area contributed by atoms with Gasteiger partial charge in [-0.05, 0) is 35.7 Å². The normalized spacial score (nSPS) is 15.9. The number of carbonyl (C=O) groups excluding carboxylic acids is 1. The van der Waals surface area contributed by atoms with Crippen molar-refractivity contribution < 1.29 is 9.18 Å². The highest BCUT2D eigenvalue weighted by Crippen LogP contribution is 2.26. The van der Waals surface area contributed by atoms with Crippen molar-refractivity contribution in [2.75, 3.05) is 47.8 Å². The van der Waals surface area contributed by atoms with Gasteiger partial charge >= 0.3 is 0 Å². The zero-order chi connectivity index (χ0) is 21.9. The third kappa shape index (κ3) is 4.11. The maximum atomic E-state index is 14.0. The highest BCUT2D eigenvalue weighted by atomic mass is 19.1. The van der Waals surface area contributed by atoms with Crippen LogP contribution in [0.2, 0.25) is 0 Å². The predicted molar refractivity (Wildman–Crippen MR) is 120 cm³/mol. The molecule has 164 valence electrons. The molecule has 0 spiro atoms. The average molecular weight is 433 g/mol. The second kappa shape index (κ2) is 8.88. The van der Waals surface area contributed by atoms with Crippen LogP contribution < -0.4 is 20.4 Å². The van der Waals surface area contributed by atoms with Gasteiger partial charge in [0.15, 0.2) is 0 Å². The lowest BCUT2D eigenvalue weighted by Crippen LogP contribution is -2.43. The minimum atomic E-state index is -0.318. The van der Waals surface area contributed by atoms with Crippen LogP contribution >= 0.6 is 0 Å². The molecular formula is C23H24FN7O. The van der Waals surface area contributed by atoms with Gasteiger partial charge in [0.1, 0.15) is 11.5 Å². The molecule has 2 N–H and O–H groups in total. The number of benzene rings is 1. The molecule has 0 radical (unpaired) electrons. The number of rotatable bonds is 4. The lowest BCUT2D eigenvalue weighted by Gasteiger charge is -2.31. The number of hydrogen-bond donors (Lipinski definition) is 2. The zero-order valence-corrected chi connectivity index (χ0v) is 17.6. The van der Waals surface area contributed by atoms with E-state index in [-0.39, 0.29) is 17.4 Å². The van der Waals surface area contributed by atoms with Crippen molar-refractivity contribution in [3.05, 3.63) is 71.6 Å². The Morgan fingerprint density at radius 3 is 2.81 bits per heavy atom. The van der Waals surface area contributed by atoms with Gasteiger partial charge in [-0.2, -0.15) is 0 Å². The van der Waals surface area contributed by atoms with Crippen molar-refractivity contribution in [2.45, 2.75) is 13.0 Å². The summed E-state index contributed by atoms with van der Waals surface area (Å²) in [6.45, 7) is 4.62. The Labute approximate surface area is 185 Å². The maximum Gasteiger partial charge on any atom is 0.274 e. The zero-order valence-electron chi connectivity index (χ0n) is 17.6. The summed E-state index contributed by atoms with van der Waals surface area (Å²) in [6.07, 6.45) is 5.55. The summed E-state index contributed by atoms with van der Waals surface area (Å²) in [5.74, 6) is -0.0319. The summed E-state index contributed by atoms with van der Waals surface area (Å²) in [5, 5.41) is 6.29. The Bertz CT molecular complexity index is 1130. The molecule has 2 aliphatic rings. The van der Waals surface area contributed by atoms with E-state index < -0.39 is 0 Å². The maximum absolute atomic E-state index is 14.0. The molecular weight excluding hydrogens is 409 g/mol. The number of nitrogens with zero attached hydrogens (tertiary/aromatic N) is 5. The van der Waals surface area contributed by atoms with Gasteiger partial charge in [-0.25, -0.2) is 14.4 Å². The summed E-state index contributed by atoms with van der Waals surface area (Å²) >= 11 is 0. The Kier molecular flexibility index (Phi) is 5.64. The first kappa shape index (κ1) is 20.3. The predicted octanol–water partition coefficient (Wildman–Crippen LogP) is 2.24. The lowest BCUT2D eigenvalue weighted by molar-refractivity contribution is 0.102. The van der Waals surface area contributed by atoms with Crippen LogP contribution in [0.3, 0.4) is 0 Å². The molecule has 0 saturated carbocycles. The number of carbonyl (C=O) groups is 1. The molecule has 0 unspecified atom stereocenters. The van der Waals surface area contributed by atoms with Crippen LogP contribution in [0.15, 0.2) is 48.9 Å². The van der Waals surface area contributed by atoms with Crippen molar-refractivity contribution in [2.24, 2.45) is 0 Å². The van der Waals surface area contributed by atoms with Gasteiger partial charge < -0.3 is 20.4 Å². The Morgan fingerprint density at radius 1 is 1.06 bits per heavy atom. The van der Waals surface area contributed by atoms with Crippen molar-refractivity contribution in [1.29, 1.82) is 0 Å². The van der Waals surface area contributed by atoms with E-state index in [9.17, 15) is 9.18 Å². The van der Waals surface area contributed by atoms with Gasteiger partial charge in [-0.3, -0.25) is 9.78 Å². The van der Waals surface area contributed by atoms with Crippen molar-refractivity contribution in [3.8, 4) is 0 Å². The molecule has 3 aromatic rings. The number of amides is 1. The highest BCUT2D eigenvalue weighted by molar-refractivity contribution is 6.04. The number of pyridine rings is 1. The first-order valence-electron chi connectivity index (χ1n) is 10.7. The van der Waals surface area contributed by atoms with Gasteiger partial charge in [0.2, 0.25) is 5.95 Å². The van der Waals surface area contributed by atoms with Crippen LogP contribution in [-0.2, 0) is 13.0 Å². The van der Waals surface area contributed by atoms with Crippen LogP contribution in [0.25, 0.3) is 0 Å². The van der Waals surface area contributed by atoms with E-state index in [0.717, 1.165) is 43.0 Å². The quantitative estimate of drug-likeness (QED) is 0.653. The Hall–Kier alpha value is -3.59. The summed E-state index contributed by atoms with van der Waals surface area (Å²) in [6, 6.07) is 8.63. The van der Waals surface area contributed by atoms with Crippen molar-refractivity contribution in [1.82, 2.24) is 20.3 Å². The summed E-state index contributed by atoms with van der Waals surface area (Å²) < 4.78 is 14.0. The molecule has 9 heteroatoms. The van der Waals surface area contributed by atoms with E-state index in [1.807, 2.05) is 17.0 Å². The lowest BCUT2D eigenvalue weighted by atomic mass is 9.99. The molecule has 1 amide bonds. The molecule has 1 saturated heterocycles. The second-order valence-corrected chi connectivity index (χ2v) is 7.87. The monoisotopic (exact) mass is 433 g/mol. The minimum absolute atomic E-state index is 0.173. The van der Waals surface area contributed by atoms with Crippen LogP contribution in [0, 0.1) is 5.82 Å². The first-order chi connectivity index (χ1) is 15.7. The fraction of sp³-hybridized carbons (Fsp3) is 0.304. The van der Waals surface area contributed by atoms with E-state index in [4.69, 9.17) is 0 Å². The van der Waals surface area contributed by atoms with E-state index in [2.05, 4.69) is 30.5 Å². The Morgan fingerprint density at radius 2 is 1.94 bits per heavy atom. The molecule has 5 rings (SSSR count). The fourth-order valence-electron chi connectivity index (χ4n) is 4.21. The summed E-state index contributed by atoms with van der Waals surface area (Å²) in [7, 11) is 0. The molecule has 0 bridgehead atoms. The molecule has 4 heterocycles. The smallest absolute Gasteiger partial charge is 0.274 e. The van der Waals surface area contributed by atoms with Crippen LogP contribution in [0.5, 0.6) is 0 Å². The van der Waals surface area contributed by atoms with Gasteiger partial charge in [0.05, 0.1) is 17.6 Å². The second-order valence-electron chi connectivity index (χ2n) is 7.87. The number of fused-ring (bicyclic) bond motifs is 1. The van der Waals surface area contributed by atoms with Gasteiger partial charge in [0, 0.05) is 51.7 Å². The average Bonchev–Trinajstić information content (AvgIpc) is 2.85. The number of anilines is 3. The first-order valence-corrected chi connectivity index (χ1v) is 10.7. The minimum Gasteiger partial charge on any atom is -0.367 e. The molecule has 0 aliphatic carbocycles. The molecule has 8 nitrogen and oxygen atoms in total. The van der Waals surface area contributed by atoms with Crippen LogP contribution in [0.1, 0.15) is 21.6 Å².